The molecule has 19 heavy (non-hydrogen) atoms. The predicted molar refractivity (Wildman–Crippen MR) is 78.4 cm³/mol. The second kappa shape index (κ2) is 4.78. The Kier molecular flexibility index (Phi) is 3.11. The highest BCUT2D eigenvalue weighted by Crippen LogP contribution is 2.35. The third-order valence-corrected chi connectivity index (χ3v) is 3.93. The minimum Gasteiger partial charge on any atom is -0.472 e. The Bertz CT molecular complexity index is 492. The summed E-state index contributed by atoms with van der Waals surface area (Å²) in [5.74, 6) is 0.632. The number of hydrogen-bond donors (Lipinski definition) is 1. The van der Waals surface area contributed by atoms with Gasteiger partial charge in [0, 0.05) is 43.1 Å². The molecule has 4 heteroatoms. The number of fused-ring (bicyclic) bond motifs is 1. The molecule has 1 fully saturated rings. The van der Waals surface area contributed by atoms with Gasteiger partial charge in [0.2, 0.25) is 0 Å². The minimum atomic E-state index is 0.0659. The average Bonchev–Trinajstić information content (AvgIpc) is 2.39. The minimum absolute atomic E-state index is 0.0659. The lowest BCUT2D eigenvalue weighted by atomic mass is 10.0. The summed E-state index contributed by atoms with van der Waals surface area (Å²) in [6.07, 6.45) is 0.0659. The second-order valence-electron chi connectivity index (χ2n) is 5.37. The third kappa shape index (κ3) is 2.40. The molecule has 0 spiro atoms. The molecule has 0 amide bonds. The number of benzene rings is 1. The van der Waals surface area contributed by atoms with Crippen LogP contribution in [-0.2, 0) is 4.74 Å². The third-order valence-electron chi connectivity index (χ3n) is 3.93. The van der Waals surface area contributed by atoms with E-state index in [-0.39, 0.29) is 6.10 Å². The van der Waals surface area contributed by atoms with Crippen LogP contribution >= 0.6 is 0 Å². The summed E-state index contributed by atoms with van der Waals surface area (Å²) in [5, 5.41) is 3.18. The van der Waals surface area contributed by atoms with Gasteiger partial charge in [0.15, 0.2) is 5.88 Å². The Morgan fingerprint density at radius 2 is 2.00 bits per heavy atom. The largest absolute Gasteiger partial charge is 0.472 e. The maximum atomic E-state index is 5.64. The molecular weight excluding hydrogens is 238 g/mol. The van der Waals surface area contributed by atoms with Crippen LogP contribution in [0.3, 0.4) is 0 Å². The Balaban J connectivity index is 1.85. The quantitative estimate of drug-likeness (QED) is 0.838. The summed E-state index contributed by atoms with van der Waals surface area (Å²) in [5.41, 5.74) is 3.61. The van der Waals surface area contributed by atoms with E-state index in [9.17, 15) is 0 Å². The Hall–Kier alpha value is -1.68. The van der Waals surface area contributed by atoms with Crippen molar-refractivity contribution < 1.29 is 4.74 Å². The van der Waals surface area contributed by atoms with E-state index >= 15 is 0 Å². The summed E-state index contributed by atoms with van der Waals surface area (Å²) < 4.78 is 5.64. The first kappa shape index (κ1) is 12.4. The highest BCUT2D eigenvalue weighted by atomic mass is 16.5. The first-order valence-corrected chi connectivity index (χ1v) is 6.83. The lowest BCUT2D eigenvalue weighted by Gasteiger charge is -2.35. The molecular formula is C15H21N3O. The molecule has 1 aromatic rings. The number of nitrogens with one attached hydrogen (secondary N) is 1. The molecule has 1 N–H and O–H groups in total. The number of rotatable bonds is 1. The number of nitrogens with zero attached hydrogens (tertiary/aromatic N) is 2. The fraction of sp³-hybridized carbons (Fsp3) is 0.467. The molecule has 1 unspecified atom stereocenters. The van der Waals surface area contributed by atoms with Crippen LogP contribution in [0.4, 0.5) is 11.4 Å². The van der Waals surface area contributed by atoms with E-state index in [1.54, 1.807) is 0 Å². The Morgan fingerprint density at radius 1 is 1.26 bits per heavy atom. The molecule has 0 bridgehead atoms. The second-order valence-corrected chi connectivity index (χ2v) is 5.37. The standard InChI is InChI=1S/C15H21N3O/c1-11-14-10-13(18-8-6-17(3)7-9-18)4-5-15(14)16-12(2)19-11/h4-5,10-11,16H,2,6-9H2,1,3H3. The highest BCUT2D eigenvalue weighted by Gasteiger charge is 2.21. The van der Waals surface area contributed by atoms with Gasteiger partial charge in [-0.1, -0.05) is 0 Å². The lowest BCUT2D eigenvalue weighted by Crippen LogP contribution is -2.44. The normalized spacial score (nSPS) is 23.6. The van der Waals surface area contributed by atoms with Crippen LogP contribution in [0.15, 0.2) is 30.7 Å². The van der Waals surface area contributed by atoms with Gasteiger partial charge in [0.1, 0.15) is 6.10 Å². The van der Waals surface area contributed by atoms with Gasteiger partial charge in [0.05, 0.1) is 0 Å². The van der Waals surface area contributed by atoms with Crippen LogP contribution in [0.5, 0.6) is 0 Å². The van der Waals surface area contributed by atoms with Crippen molar-refractivity contribution in [3.63, 3.8) is 0 Å². The van der Waals surface area contributed by atoms with E-state index in [1.165, 1.54) is 11.3 Å². The van der Waals surface area contributed by atoms with Gasteiger partial charge in [0.25, 0.3) is 0 Å². The number of likely N-dealkylation sites (N-methyl/N-ethyl adjacent to an activating group) is 1. The summed E-state index contributed by atoms with van der Waals surface area (Å²) in [4.78, 5) is 4.81. The fourth-order valence-electron chi connectivity index (χ4n) is 2.72. The predicted octanol–water partition coefficient (Wildman–Crippen LogP) is 2.41. The van der Waals surface area contributed by atoms with Crippen LogP contribution in [-0.4, -0.2) is 38.1 Å². The van der Waals surface area contributed by atoms with Gasteiger partial charge < -0.3 is 19.9 Å². The molecule has 0 radical (unpaired) electrons. The maximum absolute atomic E-state index is 5.64. The molecule has 2 aliphatic heterocycles. The molecule has 0 saturated carbocycles. The van der Waals surface area contributed by atoms with E-state index in [2.05, 4.69) is 53.9 Å². The van der Waals surface area contributed by atoms with Gasteiger partial charge >= 0.3 is 0 Å². The SMILES string of the molecule is C=C1Nc2ccc(N3CCN(C)CC3)cc2C(C)O1. The zero-order chi connectivity index (χ0) is 13.4. The Labute approximate surface area is 114 Å². The van der Waals surface area contributed by atoms with Crippen LogP contribution in [0.25, 0.3) is 0 Å². The monoisotopic (exact) mass is 259 g/mol. The molecule has 0 aliphatic carbocycles. The van der Waals surface area contributed by atoms with Gasteiger partial charge in [-0.05, 0) is 38.7 Å². The first-order valence-electron chi connectivity index (χ1n) is 6.83. The lowest BCUT2D eigenvalue weighted by molar-refractivity contribution is 0.131. The van der Waals surface area contributed by atoms with Gasteiger partial charge in [-0.15, -0.1) is 0 Å². The van der Waals surface area contributed by atoms with E-state index in [0.717, 1.165) is 31.9 Å². The van der Waals surface area contributed by atoms with Crippen molar-refractivity contribution in [1.29, 1.82) is 0 Å². The Morgan fingerprint density at radius 3 is 2.74 bits per heavy atom. The molecule has 1 atom stereocenters. The molecule has 1 saturated heterocycles. The first-order chi connectivity index (χ1) is 9.13. The number of ether oxygens (including phenoxy) is 1. The zero-order valence-corrected chi connectivity index (χ0v) is 11.6. The average molecular weight is 259 g/mol. The summed E-state index contributed by atoms with van der Waals surface area (Å²) in [6, 6.07) is 6.56. The molecule has 3 rings (SSSR count). The van der Waals surface area contributed by atoms with Crippen LogP contribution in [0, 0.1) is 0 Å². The van der Waals surface area contributed by atoms with Crippen LogP contribution in [0.1, 0.15) is 18.6 Å². The molecule has 1 aromatic carbocycles. The smallest absolute Gasteiger partial charge is 0.184 e. The van der Waals surface area contributed by atoms with Crippen molar-refractivity contribution in [3.05, 3.63) is 36.2 Å². The number of piperazine rings is 1. The fourth-order valence-corrected chi connectivity index (χ4v) is 2.72. The van der Waals surface area contributed by atoms with Crippen molar-refractivity contribution in [2.75, 3.05) is 43.4 Å². The number of hydrogen-bond acceptors (Lipinski definition) is 4. The molecule has 2 heterocycles. The number of anilines is 2. The van der Waals surface area contributed by atoms with Crippen LogP contribution in [0.2, 0.25) is 0 Å². The van der Waals surface area contributed by atoms with Gasteiger partial charge in [-0.2, -0.15) is 0 Å². The highest BCUT2D eigenvalue weighted by molar-refractivity contribution is 5.64. The molecule has 102 valence electrons. The topological polar surface area (TPSA) is 27.7 Å². The summed E-state index contributed by atoms with van der Waals surface area (Å²) in [7, 11) is 2.18. The van der Waals surface area contributed by atoms with Crippen molar-refractivity contribution in [2.24, 2.45) is 0 Å². The van der Waals surface area contributed by atoms with E-state index in [4.69, 9.17) is 4.74 Å². The van der Waals surface area contributed by atoms with Crippen LogP contribution < -0.4 is 10.2 Å². The van der Waals surface area contributed by atoms with E-state index in [0.29, 0.717) is 5.88 Å². The van der Waals surface area contributed by atoms with E-state index < -0.39 is 0 Å². The molecule has 0 aromatic heterocycles. The van der Waals surface area contributed by atoms with Crippen molar-refractivity contribution in [3.8, 4) is 0 Å². The van der Waals surface area contributed by atoms with Gasteiger partial charge in [-0.3, -0.25) is 0 Å². The molecule has 2 aliphatic rings. The van der Waals surface area contributed by atoms with E-state index in [1.807, 2.05) is 0 Å². The summed E-state index contributed by atoms with van der Waals surface area (Å²) in [6.45, 7) is 10.3. The molecule has 4 nitrogen and oxygen atoms in total. The maximum Gasteiger partial charge on any atom is 0.184 e. The summed E-state index contributed by atoms with van der Waals surface area (Å²) >= 11 is 0. The zero-order valence-electron chi connectivity index (χ0n) is 11.6. The van der Waals surface area contributed by atoms with Crippen molar-refractivity contribution in [2.45, 2.75) is 13.0 Å². The van der Waals surface area contributed by atoms with Crippen molar-refractivity contribution in [1.82, 2.24) is 4.90 Å². The van der Waals surface area contributed by atoms with Gasteiger partial charge in [-0.25, -0.2) is 0 Å². The van der Waals surface area contributed by atoms with Crippen molar-refractivity contribution >= 4 is 11.4 Å².